The maximum Gasteiger partial charge on any atom is 0.306 e. The summed E-state index contributed by atoms with van der Waals surface area (Å²) in [5, 5.41) is 0. The molecular weight excluding hydrogens is 949 g/mol. The molecule has 440 valence electrons. The van der Waals surface area contributed by atoms with Crippen molar-refractivity contribution < 1.29 is 28.6 Å². The minimum atomic E-state index is -0.793. The number of carbonyl (C=O) groups excluding carboxylic acids is 3. The lowest BCUT2D eigenvalue weighted by Gasteiger charge is -2.18. The zero-order valence-electron chi connectivity index (χ0n) is 50.4. The van der Waals surface area contributed by atoms with Gasteiger partial charge in [0.05, 0.1) is 0 Å². The second-order valence-corrected chi connectivity index (χ2v) is 21.3. The minimum absolute atomic E-state index is 0.0904. The predicted octanol–water partition coefficient (Wildman–Crippen LogP) is 22.2. The molecule has 0 aliphatic heterocycles. The molecule has 0 saturated carbocycles. The smallest absolute Gasteiger partial charge is 0.306 e. The van der Waals surface area contributed by atoms with E-state index in [-0.39, 0.29) is 31.1 Å². The van der Waals surface area contributed by atoms with E-state index in [1.54, 1.807) is 0 Å². The second-order valence-electron chi connectivity index (χ2n) is 21.3. The van der Waals surface area contributed by atoms with Crippen LogP contribution in [0.3, 0.4) is 0 Å². The van der Waals surface area contributed by atoms with Gasteiger partial charge in [-0.2, -0.15) is 0 Å². The van der Waals surface area contributed by atoms with Crippen LogP contribution in [0, 0.1) is 0 Å². The molecular formula is C71H120O6. The summed E-state index contributed by atoms with van der Waals surface area (Å²) in [4.78, 5) is 38.3. The number of hydrogen-bond acceptors (Lipinski definition) is 6. The van der Waals surface area contributed by atoms with Crippen LogP contribution in [0.25, 0.3) is 0 Å². The molecule has 0 fully saturated rings. The van der Waals surface area contributed by atoms with Crippen molar-refractivity contribution in [3.8, 4) is 0 Å². The monoisotopic (exact) mass is 1070 g/mol. The van der Waals surface area contributed by atoms with Crippen LogP contribution in [0.4, 0.5) is 0 Å². The molecule has 0 rings (SSSR count). The van der Waals surface area contributed by atoms with E-state index in [1.165, 1.54) is 109 Å². The highest BCUT2D eigenvalue weighted by molar-refractivity contribution is 5.71. The summed E-state index contributed by atoms with van der Waals surface area (Å²) in [6, 6.07) is 0. The summed E-state index contributed by atoms with van der Waals surface area (Å²) in [5.41, 5.74) is 0. The van der Waals surface area contributed by atoms with Crippen LogP contribution >= 0.6 is 0 Å². The van der Waals surface area contributed by atoms with Crippen molar-refractivity contribution in [2.75, 3.05) is 13.2 Å². The lowest BCUT2D eigenvalue weighted by atomic mass is 10.0. The fourth-order valence-electron chi connectivity index (χ4n) is 8.93. The summed E-state index contributed by atoms with van der Waals surface area (Å²) < 4.78 is 16.9. The third-order valence-electron chi connectivity index (χ3n) is 13.7. The molecule has 77 heavy (non-hydrogen) atoms. The van der Waals surface area contributed by atoms with Crippen molar-refractivity contribution >= 4 is 17.9 Å². The Labute approximate surface area is 476 Å². The maximum absolute atomic E-state index is 12.9. The Morgan fingerprint density at radius 2 is 0.532 bits per heavy atom. The van der Waals surface area contributed by atoms with Crippen LogP contribution in [0.5, 0.6) is 0 Å². The third-order valence-corrected chi connectivity index (χ3v) is 13.7. The first-order chi connectivity index (χ1) is 38.0. The predicted molar refractivity (Wildman–Crippen MR) is 334 cm³/mol. The van der Waals surface area contributed by atoms with Crippen LogP contribution in [-0.2, 0) is 28.6 Å². The van der Waals surface area contributed by atoms with Crippen LogP contribution in [-0.4, -0.2) is 37.2 Å². The first kappa shape index (κ1) is 73.1. The van der Waals surface area contributed by atoms with Crippen molar-refractivity contribution in [1.82, 2.24) is 0 Å². The lowest BCUT2D eigenvalue weighted by molar-refractivity contribution is -0.167. The Bertz CT molecular complexity index is 1560. The highest BCUT2D eigenvalue weighted by atomic mass is 16.6. The Morgan fingerprint density at radius 3 is 0.844 bits per heavy atom. The molecule has 0 aliphatic rings. The molecule has 0 spiro atoms. The molecule has 0 saturated heterocycles. The molecule has 0 bridgehead atoms. The topological polar surface area (TPSA) is 78.9 Å². The molecule has 0 aromatic carbocycles. The average molecular weight is 1070 g/mol. The number of rotatable bonds is 58. The van der Waals surface area contributed by atoms with Gasteiger partial charge in [-0.05, 0) is 103 Å². The molecule has 0 N–H and O–H groups in total. The summed E-state index contributed by atoms with van der Waals surface area (Å²) in [7, 11) is 0. The van der Waals surface area contributed by atoms with Gasteiger partial charge in [0.1, 0.15) is 13.2 Å². The van der Waals surface area contributed by atoms with Gasteiger partial charge in [0, 0.05) is 19.3 Å². The van der Waals surface area contributed by atoms with Gasteiger partial charge in [-0.1, -0.05) is 291 Å². The number of unbranched alkanes of at least 4 members (excludes halogenated alkanes) is 29. The fraction of sp³-hybridized carbons (Fsp3) is 0.704. The molecule has 1 atom stereocenters. The van der Waals surface area contributed by atoms with Gasteiger partial charge in [-0.25, -0.2) is 0 Å². The van der Waals surface area contributed by atoms with Crippen LogP contribution < -0.4 is 0 Å². The average Bonchev–Trinajstić information content (AvgIpc) is 3.43. The summed E-state index contributed by atoms with van der Waals surface area (Å²) in [6.07, 6.45) is 88.1. The molecule has 0 radical (unpaired) electrons. The fourth-order valence-corrected chi connectivity index (χ4v) is 8.93. The van der Waals surface area contributed by atoms with Gasteiger partial charge in [-0.15, -0.1) is 0 Å². The standard InChI is InChI=1S/C71H120O6/c1-4-7-10-13-16-19-22-25-27-29-31-32-33-34-35-36-37-38-40-41-43-46-49-52-55-58-61-64-70(73)76-67-68(66-75-69(72)63-60-57-54-51-48-45-24-21-18-15-12-9-6-3)77-71(74)65-62-59-56-53-50-47-44-42-39-30-28-26-23-20-17-14-11-8-5-2/h7,10,12,15-16,19,21,24-25,27,31-32,34-35,37-38,41,43,68H,4-6,8-9,11,13-14,17-18,20,22-23,26,28-30,33,36,39-40,42,44-67H2,1-3H3/b10-7-,15-12-,19-16-,24-21-,27-25-,32-31-,35-34-,38-37-,43-41-. The highest BCUT2D eigenvalue weighted by Crippen LogP contribution is 2.16. The first-order valence-corrected chi connectivity index (χ1v) is 32.4. The molecule has 0 amide bonds. The number of esters is 3. The van der Waals surface area contributed by atoms with Gasteiger partial charge in [0.15, 0.2) is 6.10 Å². The van der Waals surface area contributed by atoms with Crippen molar-refractivity contribution in [2.45, 2.75) is 309 Å². The van der Waals surface area contributed by atoms with E-state index < -0.39 is 6.10 Å². The largest absolute Gasteiger partial charge is 0.462 e. The van der Waals surface area contributed by atoms with E-state index in [0.717, 1.165) is 154 Å². The molecule has 0 aromatic rings. The molecule has 0 aromatic heterocycles. The van der Waals surface area contributed by atoms with Gasteiger partial charge < -0.3 is 14.2 Å². The Balaban J connectivity index is 4.37. The van der Waals surface area contributed by atoms with Gasteiger partial charge >= 0.3 is 17.9 Å². The van der Waals surface area contributed by atoms with Crippen LogP contribution in [0.1, 0.15) is 303 Å². The highest BCUT2D eigenvalue weighted by Gasteiger charge is 2.19. The summed E-state index contributed by atoms with van der Waals surface area (Å²) >= 11 is 0. The van der Waals surface area contributed by atoms with E-state index in [9.17, 15) is 14.4 Å². The number of ether oxygens (including phenoxy) is 3. The molecule has 6 heteroatoms. The zero-order chi connectivity index (χ0) is 55.7. The third kappa shape index (κ3) is 62.8. The van der Waals surface area contributed by atoms with Crippen molar-refractivity contribution in [1.29, 1.82) is 0 Å². The Hall–Kier alpha value is -3.93. The SMILES string of the molecule is CC/C=C\C/C=C\C/C=C\C/C=C\C/C=C\C/C=C\C/C=C\CCCCCCCC(=O)OCC(COC(=O)CCCCCCC/C=C\C/C=C\CCC)OC(=O)CCCCCCCCCCCCCCCCCCCCC. The molecule has 6 nitrogen and oxygen atoms in total. The first-order valence-electron chi connectivity index (χ1n) is 32.4. The van der Waals surface area contributed by atoms with Crippen molar-refractivity contribution in [3.05, 3.63) is 109 Å². The van der Waals surface area contributed by atoms with Gasteiger partial charge in [0.25, 0.3) is 0 Å². The van der Waals surface area contributed by atoms with E-state index in [2.05, 4.69) is 130 Å². The van der Waals surface area contributed by atoms with Crippen molar-refractivity contribution in [3.63, 3.8) is 0 Å². The summed E-state index contributed by atoms with van der Waals surface area (Å²) in [6.45, 7) is 6.46. The second kappa shape index (κ2) is 64.6. The number of carbonyl (C=O) groups is 3. The quantitative estimate of drug-likeness (QED) is 0.0261. The molecule has 1 unspecified atom stereocenters. The zero-order valence-corrected chi connectivity index (χ0v) is 50.4. The molecule has 0 aliphatic carbocycles. The van der Waals surface area contributed by atoms with Crippen molar-refractivity contribution in [2.24, 2.45) is 0 Å². The van der Waals surface area contributed by atoms with E-state index >= 15 is 0 Å². The van der Waals surface area contributed by atoms with Crippen LogP contribution in [0.2, 0.25) is 0 Å². The van der Waals surface area contributed by atoms with E-state index in [4.69, 9.17) is 14.2 Å². The van der Waals surface area contributed by atoms with Gasteiger partial charge in [0.2, 0.25) is 0 Å². The van der Waals surface area contributed by atoms with E-state index in [1.807, 2.05) is 0 Å². The van der Waals surface area contributed by atoms with Gasteiger partial charge in [-0.3, -0.25) is 14.4 Å². The lowest BCUT2D eigenvalue weighted by Crippen LogP contribution is -2.30. The van der Waals surface area contributed by atoms with Crippen LogP contribution in [0.15, 0.2) is 109 Å². The number of allylic oxidation sites excluding steroid dienone is 18. The Kier molecular flexibility index (Phi) is 61.3. The molecule has 0 heterocycles. The summed E-state index contributed by atoms with van der Waals surface area (Å²) in [5.74, 6) is -0.913. The maximum atomic E-state index is 12.9. The minimum Gasteiger partial charge on any atom is -0.462 e. The number of hydrogen-bond donors (Lipinski definition) is 0. The van der Waals surface area contributed by atoms with E-state index in [0.29, 0.717) is 19.3 Å². The Morgan fingerprint density at radius 1 is 0.273 bits per heavy atom. The normalized spacial score (nSPS) is 12.8.